The van der Waals surface area contributed by atoms with Crippen LogP contribution in [0.5, 0.6) is 0 Å². The van der Waals surface area contributed by atoms with Crippen molar-refractivity contribution in [1.82, 2.24) is 0 Å². The molecular formula is C35H36BF4IrN4-3. The predicted molar refractivity (Wildman–Crippen MR) is 176 cm³/mol. The molecule has 4 nitrogen and oxygen atoms in total. The smallest absolute Gasteiger partial charge is 0.762 e. The Hall–Kier alpha value is -4.14. The second-order valence-corrected chi connectivity index (χ2v) is 10.5. The van der Waals surface area contributed by atoms with Crippen LogP contribution in [0.3, 0.4) is 0 Å². The minimum Gasteiger partial charge on any atom is -1.00 e. The SMILES string of the molecule is Cc1ccc(N2C=CN(c3ccc(C)cc3)C2)cc1.FB(F)F.[CH2-]c1cc(C)ccc1N1C=CN(c2ccc(C)cc2)[CH-]1.[F-].[Ir]. The minimum absolute atomic E-state index is 0. The monoisotopic (exact) mass is 792 g/mol. The topological polar surface area (TPSA) is 13.0 Å². The van der Waals surface area contributed by atoms with E-state index in [4.69, 9.17) is 0 Å². The largest absolute Gasteiger partial charge is 1.00 e. The first kappa shape index (κ1) is 37.1. The number of anilines is 4. The van der Waals surface area contributed by atoms with E-state index in [2.05, 4.69) is 177 Å². The summed E-state index contributed by atoms with van der Waals surface area (Å²) in [4.78, 5) is 8.71. The summed E-state index contributed by atoms with van der Waals surface area (Å²) in [7, 11) is -3.67. The molecule has 0 saturated heterocycles. The van der Waals surface area contributed by atoms with Gasteiger partial charge < -0.3 is 24.3 Å². The number of hydrogen-bond acceptors (Lipinski definition) is 4. The summed E-state index contributed by atoms with van der Waals surface area (Å²) in [5.74, 6) is 0. The summed E-state index contributed by atoms with van der Waals surface area (Å²) in [6.07, 6.45) is 8.37. The molecule has 2 heterocycles. The van der Waals surface area contributed by atoms with Crippen LogP contribution >= 0.6 is 0 Å². The van der Waals surface area contributed by atoms with Crippen molar-refractivity contribution in [2.24, 2.45) is 0 Å². The van der Waals surface area contributed by atoms with Crippen LogP contribution in [0.4, 0.5) is 35.7 Å². The van der Waals surface area contributed by atoms with Crippen molar-refractivity contribution in [3.05, 3.63) is 157 Å². The number of benzene rings is 4. The Kier molecular flexibility index (Phi) is 14.3. The number of rotatable bonds is 4. The predicted octanol–water partition coefficient (Wildman–Crippen LogP) is 6.34. The molecular weight excluding hydrogens is 755 g/mol. The summed E-state index contributed by atoms with van der Waals surface area (Å²) in [6, 6.07) is 32.1. The van der Waals surface area contributed by atoms with Crippen molar-refractivity contribution in [3.8, 4) is 0 Å². The molecule has 4 aromatic rings. The quantitative estimate of drug-likeness (QED) is 0.136. The number of hydrogen-bond donors (Lipinski definition) is 0. The van der Waals surface area contributed by atoms with E-state index >= 15 is 0 Å². The van der Waals surface area contributed by atoms with Crippen LogP contribution in [0, 0.1) is 41.3 Å². The van der Waals surface area contributed by atoms with Gasteiger partial charge in [-0.25, -0.2) is 0 Å². The zero-order valence-electron chi connectivity index (χ0n) is 25.7. The fourth-order valence-electron chi connectivity index (χ4n) is 4.56. The summed E-state index contributed by atoms with van der Waals surface area (Å²) >= 11 is 0. The summed E-state index contributed by atoms with van der Waals surface area (Å²) in [6.45, 7) is 15.5. The second kappa shape index (κ2) is 17.4. The Morgan fingerprint density at radius 1 is 0.578 bits per heavy atom. The molecule has 0 fully saturated rings. The first-order chi connectivity index (χ1) is 20.6. The molecule has 0 bridgehead atoms. The molecule has 0 atom stereocenters. The van der Waals surface area contributed by atoms with Gasteiger partial charge in [0.15, 0.2) is 0 Å². The van der Waals surface area contributed by atoms with Crippen LogP contribution in [0.2, 0.25) is 0 Å². The third-order valence-corrected chi connectivity index (χ3v) is 6.94. The van der Waals surface area contributed by atoms with Crippen LogP contribution in [0.15, 0.2) is 116 Å². The molecule has 0 amide bonds. The van der Waals surface area contributed by atoms with Crippen molar-refractivity contribution in [1.29, 1.82) is 0 Å². The third kappa shape index (κ3) is 10.8. The van der Waals surface area contributed by atoms with Gasteiger partial charge in [0.05, 0.1) is 6.67 Å². The Bertz CT molecular complexity index is 1480. The molecule has 45 heavy (non-hydrogen) atoms. The van der Waals surface area contributed by atoms with E-state index in [1.807, 2.05) is 0 Å². The maximum Gasteiger partial charge on any atom is 0.762 e. The molecule has 2 aliphatic rings. The maximum absolute atomic E-state index is 9.67. The van der Waals surface area contributed by atoms with E-state index in [-0.39, 0.29) is 24.8 Å². The molecule has 1 radical (unpaired) electrons. The van der Waals surface area contributed by atoms with Gasteiger partial charge in [0.2, 0.25) is 0 Å². The van der Waals surface area contributed by atoms with Crippen molar-refractivity contribution >= 4 is 30.3 Å². The van der Waals surface area contributed by atoms with E-state index in [1.165, 1.54) is 33.6 Å². The van der Waals surface area contributed by atoms with Crippen LogP contribution in [-0.2, 0) is 20.1 Å². The molecule has 6 rings (SSSR count). The fraction of sp³-hybridized carbons (Fsp3) is 0.143. The fourth-order valence-corrected chi connectivity index (χ4v) is 4.56. The molecule has 0 saturated carbocycles. The van der Waals surface area contributed by atoms with E-state index in [0.29, 0.717) is 0 Å². The summed E-state index contributed by atoms with van der Waals surface area (Å²) < 4.78 is 29.0. The van der Waals surface area contributed by atoms with E-state index in [9.17, 15) is 12.9 Å². The van der Waals surface area contributed by atoms with Gasteiger partial charge in [-0.3, -0.25) is 12.9 Å². The second-order valence-electron chi connectivity index (χ2n) is 10.5. The Morgan fingerprint density at radius 3 is 1.38 bits per heavy atom. The van der Waals surface area contributed by atoms with Crippen LogP contribution in [-0.4, -0.2) is 14.2 Å². The summed E-state index contributed by atoms with van der Waals surface area (Å²) in [5, 5.41) is 0. The van der Waals surface area contributed by atoms with Gasteiger partial charge in [0.25, 0.3) is 0 Å². The van der Waals surface area contributed by atoms with Crippen LogP contribution in [0.1, 0.15) is 27.8 Å². The van der Waals surface area contributed by atoms with Crippen LogP contribution < -0.4 is 24.3 Å². The Labute approximate surface area is 278 Å². The van der Waals surface area contributed by atoms with E-state index < -0.39 is 7.54 Å². The zero-order chi connectivity index (χ0) is 30.9. The third-order valence-electron chi connectivity index (χ3n) is 6.94. The standard InChI is InChI=1S/C18H18N2.C17H18N2.BF3.FH.Ir/c1-14-4-7-17(8-5-14)19-10-11-20(13-19)18-9-6-15(2)12-16(18)3;1-14-3-7-16(8-4-14)18-11-12-19(13-18)17-9-5-15(2)6-10-17;2-1(3)4;;/h4-13H,3H2,1-2H3;3-12H,13H2,1-2H3;;1H;/q-2;;;;/p-1. The number of aryl methyl sites for hydroxylation is 4. The molecule has 0 N–H and O–H groups in total. The van der Waals surface area contributed by atoms with Gasteiger partial charge in [0.1, 0.15) is 0 Å². The van der Waals surface area contributed by atoms with Gasteiger partial charge in [-0.05, 0) is 69.6 Å². The molecule has 0 aliphatic carbocycles. The Morgan fingerprint density at radius 2 is 0.956 bits per heavy atom. The van der Waals surface area contributed by atoms with Crippen molar-refractivity contribution in [2.45, 2.75) is 27.7 Å². The summed E-state index contributed by atoms with van der Waals surface area (Å²) in [5.41, 5.74) is 10.9. The van der Waals surface area contributed by atoms with Gasteiger partial charge in [-0.1, -0.05) is 77.8 Å². The van der Waals surface area contributed by atoms with Crippen molar-refractivity contribution in [3.63, 3.8) is 0 Å². The number of halogens is 4. The normalized spacial score (nSPS) is 12.9. The molecule has 239 valence electrons. The first-order valence-corrected chi connectivity index (χ1v) is 14.0. The first-order valence-electron chi connectivity index (χ1n) is 14.0. The molecule has 0 aromatic heterocycles. The van der Waals surface area contributed by atoms with E-state index in [0.717, 1.165) is 23.6 Å². The van der Waals surface area contributed by atoms with Gasteiger partial charge >= 0.3 is 7.54 Å². The average Bonchev–Trinajstić information content (AvgIpc) is 3.66. The van der Waals surface area contributed by atoms with Gasteiger partial charge in [0, 0.05) is 49.6 Å². The number of nitrogens with zero attached hydrogens (tertiary/aromatic N) is 4. The molecule has 2 aliphatic heterocycles. The van der Waals surface area contributed by atoms with Crippen LogP contribution in [0.25, 0.3) is 0 Å². The molecule has 0 spiro atoms. The van der Waals surface area contributed by atoms with Gasteiger partial charge in [-0.2, -0.15) is 25.2 Å². The minimum atomic E-state index is -3.67. The average molecular weight is 792 g/mol. The zero-order valence-corrected chi connectivity index (χ0v) is 28.1. The van der Waals surface area contributed by atoms with Gasteiger partial charge in [-0.15, -0.1) is 5.56 Å². The van der Waals surface area contributed by atoms with E-state index in [1.54, 1.807) is 0 Å². The molecule has 10 heteroatoms. The van der Waals surface area contributed by atoms with Crippen molar-refractivity contribution in [2.75, 3.05) is 26.3 Å². The molecule has 4 aromatic carbocycles. The Balaban J connectivity index is 0.000000270. The maximum atomic E-state index is 9.67. The molecule has 0 unspecified atom stereocenters. The van der Waals surface area contributed by atoms with Crippen molar-refractivity contribution < 1.29 is 37.8 Å².